The number of pyridine rings is 1. The van der Waals surface area contributed by atoms with Crippen molar-refractivity contribution in [1.82, 2.24) is 9.88 Å². The van der Waals surface area contributed by atoms with Crippen LogP contribution in [0.1, 0.15) is 13.8 Å². The summed E-state index contributed by atoms with van der Waals surface area (Å²) >= 11 is 0. The molecule has 20 heavy (non-hydrogen) atoms. The third-order valence-corrected chi connectivity index (χ3v) is 3.60. The van der Waals surface area contributed by atoms with Gasteiger partial charge in [0.2, 0.25) is 0 Å². The molecule has 0 bridgehead atoms. The van der Waals surface area contributed by atoms with Crippen molar-refractivity contribution in [1.29, 1.82) is 0 Å². The van der Waals surface area contributed by atoms with Gasteiger partial charge in [0, 0.05) is 30.1 Å². The summed E-state index contributed by atoms with van der Waals surface area (Å²) in [5, 5.41) is 5.63. The maximum atomic E-state index is 5.40. The Balaban J connectivity index is 2.14. The SMILES string of the molecule is CCN(CC)CCNc1nccc2c(OC)cccc12. The van der Waals surface area contributed by atoms with Crippen LogP contribution >= 0.6 is 0 Å². The van der Waals surface area contributed by atoms with Crippen molar-refractivity contribution < 1.29 is 4.74 Å². The molecule has 4 heteroatoms. The minimum Gasteiger partial charge on any atom is -0.496 e. The number of nitrogens with zero attached hydrogens (tertiary/aromatic N) is 2. The first-order chi connectivity index (χ1) is 9.80. The molecule has 0 radical (unpaired) electrons. The summed E-state index contributed by atoms with van der Waals surface area (Å²) in [7, 11) is 1.70. The van der Waals surface area contributed by atoms with Gasteiger partial charge in [-0.05, 0) is 25.2 Å². The van der Waals surface area contributed by atoms with E-state index in [2.05, 4.69) is 35.1 Å². The number of hydrogen-bond donors (Lipinski definition) is 1. The molecule has 0 spiro atoms. The van der Waals surface area contributed by atoms with Crippen LogP contribution in [0.2, 0.25) is 0 Å². The summed E-state index contributed by atoms with van der Waals surface area (Å²) in [5.41, 5.74) is 0. The van der Waals surface area contributed by atoms with Crippen LogP contribution < -0.4 is 10.1 Å². The van der Waals surface area contributed by atoms with Crippen molar-refractivity contribution in [3.63, 3.8) is 0 Å². The van der Waals surface area contributed by atoms with Gasteiger partial charge in [-0.3, -0.25) is 0 Å². The molecule has 2 rings (SSSR count). The van der Waals surface area contributed by atoms with E-state index >= 15 is 0 Å². The molecule has 0 unspecified atom stereocenters. The van der Waals surface area contributed by atoms with Crippen molar-refractivity contribution in [2.75, 3.05) is 38.6 Å². The smallest absolute Gasteiger partial charge is 0.133 e. The van der Waals surface area contributed by atoms with Gasteiger partial charge in [0.15, 0.2) is 0 Å². The third-order valence-electron chi connectivity index (χ3n) is 3.60. The van der Waals surface area contributed by atoms with Gasteiger partial charge in [-0.15, -0.1) is 0 Å². The number of nitrogens with one attached hydrogen (secondary N) is 1. The molecule has 0 aliphatic heterocycles. The summed E-state index contributed by atoms with van der Waals surface area (Å²) in [6, 6.07) is 8.04. The molecule has 0 aliphatic rings. The van der Waals surface area contributed by atoms with Crippen molar-refractivity contribution in [2.45, 2.75) is 13.8 Å². The molecule has 1 aromatic heterocycles. The van der Waals surface area contributed by atoms with Crippen LogP contribution in [0, 0.1) is 0 Å². The summed E-state index contributed by atoms with van der Waals surface area (Å²) in [6.07, 6.45) is 1.82. The van der Waals surface area contributed by atoms with E-state index in [0.717, 1.165) is 48.5 Å². The van der Waals surface area contributed by atoms with Crippen LogP contribution in [0.5, 0.6) is 5.75 Å². The second-order valence-corrected chi connectivity index (χ2v) is 4.67. The van der Waals surface area contributed by atoms with E-state index in [-0.39, 0.29) is 0 Å². The number of fused-ring (bicyclic) bond motifs is 1. The first-order valence-electron chi connectivity index (χ1n) is 7.18. The standard InChI is InChI=1S/C16H23N3O/c1-4-19(5-2)12-11-18-16-14-7-6-8-15(20-3)13(14)9-10-17-16/h6-10H,4-5,11-12H2,1-3H3,(H,17,18). The number of likely N-dealkylation sites (N-methyl/N-ethyl adjacent to an activating group) is 1. The highest BCUT2D eigenvalue weighted by Gasteiger charge is 2.06. The monoisotopic (exact) mass is 273 g/mol. The molecular formula is C16H23N3O. The number of benzene rings is 1. The van der Waals surface area contributed by atoms with E-state index in [9.17, 15) is 0 Å². The van der Waals surface area contributed by atoms with Gasteiger partial charge in [0.1, 0.15) is 11.6 Å². The number of rotatable bonds is 7. The number of aromatic nitrogens is 1. The number of methoxy groups -OCH3 is 1. The summed E-state index contributed by atoms with van der Waals surface area (Å²) < 4.78 is 5.40. The number of anilines is 1. The molecule has 0 amide bonds. The zero-order valence-corrected chi connectivity index (χ0v) is 12.5. The van der Waals surface area contributed by atoms with Crippen LogP contribution in [0.4, 0.5) is 5.82 Å². The predicted molar refractivity (Wildman–Crippen MR) is 84.6 cm³/mol. The van der Waals surface area contributed by atoms with E-state index in [1.165, 1.54) is 0 Å². The summed E-state index contributed by atoms with van der Waals surface area (Å²) in [6.45, 7) is 8.44. The average Bonchev–Trinajstić information content (AvgIpc) is 2.51. The van der Waals surface area contributed by atoms with Gasteiger partial charge >= 0.3 is 0 Å². The van der Waals surface area contributed by atoms with Gasteiger partial charge < -0.3 is 15.0 Å². The predicted octanol–water partition coefficient (Wildman–Crippen LogP) is 3.00. The molecule has 0 saturated carbocycles. The first kappa shape index (κ1) is 14.6. The van der Waals surface area contributed by atoms with Crippen molar-refractivity contribution >= 4 is 16.6 Å². The second-order valence-electron chi connectivity index (χ2n) is 4.67. The van der Waals surface area contributed by atoms with E-state index in [1.54, 1.807) is 7.11 Å². The highest BCUT2D eigenvalue weighted by Crippen LogP contribution is 2.28. The van der Waals surface area contributed by atoms with E-state index in [4.69, 9.17) is 4.74 Å². The molecule has 0 atom stereocenters. The molecule has 0 saturated heterocycles. The summed E-state index contributed by atoms with van der Waals surface area (Å²) in [5.74, 6) is 1.81. The number of hydrogen-bond acceptors (Lipinski definition) is 4. The third kappa shape index (κ3) is 3.20. The fourth-order valence-electron chi connectivity index (χ4n) is 2.37. The van der Waals surface area contributed by atoms with Crippen molar-refractivity contribution in [2.24, 2.45) is 0 Å². The van der Waals surface area contributed by atoms with Gasteiger partial charge in [-0.25, -0.2) is 4.98 Å². The topological polar surface area (TPSA) is 37.4 Å². The Labute approximate surface area is 120 Å². The highest BCUT2D eigenvalue weighted by molar-refractivity contribution is 5.95. The molecule has 0 aliphatic carbocycles. The van der Waals surface area contributed by atoms with Crippen LogP contribution in [0.15, 0.2) is 30.5 Å². The summed E-state index contributed by atoms with van der Waals surface area (Å²) in [4.78, 5) is 6.83. The van der Waals surface area contributed by atoms with Gasteiger partial charge in [0.05, 0.1) is 7.11 Å². The molecule has 4 nitrogen and oxygen atoms in total. The van der Waals surface area contributed by atoms with Crippen molar-refractivity contribution in [3.8, 4) is 5.75 Å². The largest absolute Gasteiger partial charge is 0.496 e. The fourth-order valence-corrected chi connectivity index (χ4v) is 2.37. The normalized spacial score (nSPS) is 11.0. The van der Waals surface area contributed by atoms with Crippen LogP contribution in [0.25, 0.3) is 10.8 Å². The Bertz CT molecular complexity index is 552. The number of ether oxygens (including phenoxy) is 1. The Kier molecular flexibility index (Phi) is 5.18. The van der Waals surface area contributed by atoms with Crippen LogP contribution in [-0.4, -0.2) is 43.2 Å². The Hall–Kier alpha value is -1.81. The lowest BCUT2D eigenvalue weighted by Crippen LogP contribution is -2.28. The van der Waals surface area contributed by atoms with Gasteiger partial charge in [-0.2, -0.15) is 0 Å². The van der Waals surface area contributed by atoms with Crippen molar-refractivity contribution in [3.05, 3.63) is 30.5 Å². The molecule has 1 heterocycles. The van der Waals surface area contributed by atoms with Gasteiger partial charge in [-0.1, -0.05) is 26.0 Å². The molecule has 1 aromatic carbocycles. The molecule has 1 N–H and O–H groups in total. The quantitative estimate of drug-likeness (QED) is 0.841. The van der Waals surface area contributed by atoms with E-state index < -0.39 is 0 Å². The Morgan fingerprint density at radius 1 is 1.15 bits per heavy atom. The molecule has 0 fully saturated rings. The van der Waals surface area contributed by atoms with Gasteiger partial charge in [0.25, 0.3) is 0 Å². The molecule has 108 valence electrons. The van der Waals surface area contributed by atoms with E-state index in [0.29, 0.717) is 0 Å². The lowest BCUT2D eigenvalue weighted by Gasteiger charge is -2.18. The van der Waals surface area contributed by atoms with Crippen LogP contribution in [-0.2, 0) is 0 Å². The zero-order chi connectivity index (χ0) is 14.4. The molecule has 2 aromatic rings. The van der Waals surface area contributed by atoms with E-state index in [1.807, 2.05) is 24.4 Å². The fraction of sp³-hybridized carbons (Fsp3) is 0.438. The maximum Gasteiger partial charge on any atom is 0.133 e. The minimum absolute atomic E-state index is 0.886. The lowest BCUT2D eigenvalue weighted by molar-refractivity contribution is 0.316. The maximum absolute atomic E-state index is 5.40. The second kappa shape index (κ2) is 7.10. The minimum atomic E-state index is 0.886. The van der Waals surface area contributed by atoms with Crippen LogP contribution in [0.3, 0.4) is 0 Å². The Morgan fingerprint density at radius 2 is 1.95 bits per heavy atom. The average molecular weight is 273 g/mol. The molecular weight excluding hydrogens is 250 g/mol. The zero-order valence-electron chi connectivity index (χ0n) is 12.5. The lowest BCUT2D eigenvalue weighted by atomic mass is 10.1. The first-order valence-corrected chi connectivity index (χ1v) is 7.18. The Morgan fingerprint density at radius 3 is 2.65 bits per heavy atom. The highest BCUT2D eigenvalue weighted by atomic mass is 16.5.